The number of thiophene rings is 1. The summed E-state index contributed by atoms with van der Waals surface area (Å²) < 4.78 is 5.15. The van der Waals surface area contributed by atoms with E-state index in [-0.39, 0.29) is 16.1 Å². The van der Waals surface area contributed by atoms with Crippen molar-refractivity contribution in [2.45, 2.75) is 6.92 Å². The predicted molar refractivity (Wildman–Crippen MR) is 66.9 cm³/mol. The number of nitriles is 1. The molecule has 0 radical (unpaired) electrons. The van der Waals surface area contributed by atoms with Crippen LogP contribution in [0.15, 0.2) is 0 Å². The minimum atomic E-state index is -0.623. The first-order valence-electron chi connectivity index (χ1n) is 5.05. The highest BCUT2D eigenvalue weighted by Gasteiger charge is 2.18. The number of anilines is 2. The van der Waals surface area contributed by atoms with E-state index < -0.39 is 5.91 Å². The highest BCUT2D eigenvalue weighted by Crippen LogP contribution is 2.34. The number of carbonyl (C=O) groups excluding carboxylic acids is 1. The quantitative estimate of drug-likeness (QED) is 0.648. The van der Waals surface area contributed by atoms with Crippen LogP contribution in [-0.4, -0.2) is 25.7 Å². The van der Waals surface area contributed by atoms with Crippen molar-refractivity contribution in [1.29, 1.82) is 5.26 Å². The molecule has 0 atom stereocenters. The molecule has 0 fully saturated rings. The lowest BCUT2D eigenvalue weighted by molar-refractivity contribution is 0.100. The van der Waals surface area contributed by atoms with Gasteiger partial charge in [0.2, 0.25) is 0 Å². The van der Waals surface area contributed by atoms with Crippen molar-refractivity contribution < 1.29 is 9.53 Å². The second-order valence-corrected chi connectivity index (χ2v) is 4.17. The number of hydrogen-bond donors (Lipinski definition) is 3. The Balaban J connectivity index is 2.81. The number of carbonyl (C=O) groups is 1. The maximum Gasteiger partial charge on any atom is 0.261 e. The van der Waals surface area contributed by atoms with Gasteiger partial charge in [-0.3, -0.25) is 4.79 Å². The SMILES string of the molecule is CCOCCNc1sc(C(N)=O)c(N)c1C#N. The van der Waals surface area contributed by atoms with Crippen LogP contribution in [-0.2, 0) is 4.74 Å². The lowest BCUT2D eigenvalue weighted by Gasteiger charge is -2.03. The molecular formula is C10H14N4O2S. The highest BCUT2D eigenvalue weighted by molar-refractivity contribution is 7.18. The number of nitrogens with one attached hydrogen (secondary N) is 1. The van der Waals surface area contributed by atoms with E-state index in [2.05, 4.69) is 5.32 Å². The Morgan fingerprint density at radius 1 is 1.65 bits per heavy atom. The third-order valence-electron chi connectivity index (χ3n) is 2.02. The molecular weight excluding hydrogens is 240 g/mol. The monoisotopic (exact) mass is 254 g/mol. The van der Waals surface area contributed by atoms with E-state index in [0.29, 0.717) is 24.8 Å². The van der Waals surface area contributed by atoms with Crippen LogP contribution < -0.4 is 16.8 Å². The molecule has 1 aromatic heterocycles. The van der Waals surface area contributed by atoms with Crippen molar-refractivity contribution in [2.24, 2.45) is 5.73 Å². The van der Waals surface area contributed by atoms with Gasteiger partial charge in [-0.1, -0.05) is 0 Å². The van der Waals surface area contributed by atoms with Gasteiger partial charge in [0.05, 0.1) is 12.3 Å². The average molecular weight is 254 g/mol. The van der Waals surface area contributed by atoms with E-state index in [0.717, 1.165) is 11.3 Å². The van der Waals surface area contributed by atoms with Crippen LogP contribution in [0.4, 0.5) is 10.7 Å². The Kier molecular flexibility index (Phi) is 4.75. The summed E-state index contributed by atoms with van der Waals surface area (Å²) in [5.74, 6) is -0.623. The Hall–Kier alpha value is -1.78. The maximum atomic E-state index is 11.1. The minimum absolute atomic E-state index is 0.143. The van der Waals surface area contributed by atoms with Crippen molar-refractivity contribution in [2.75, 3.05) is 30.8 Å². The van der Waals surface area contributed by atoms with Gasteiger partial charge in [-0.2, -0.15) is 5.26 Å². The lowest BCUT2D eigenvalue weighted by Crippen LogP contribution is -2.10. The topological polar surface area (TPSA) is 114 Å². The van der Waals surface area contributed by atoms with Gasteiger partial charge < -0.3 is 21.5 Å². The van der Waals surface area contributed by atoms with Gasteiger partial charge in [0.1, 0.15) is 21.5 Å². The van der Waals surface area contributed by atoms with Gasteiger partial charge in [-0.25, -0.2) is 0 Å². The molecule has 17 heavy (non-hydrogen) atoms. The molecule has 0 aliphatic heterocycles. The number of amides is 1. The average Bonchev–Trinajstić information content (AvgIpc) is 2.61. The zero-order valence-electron chi connectivity index (χ0n) is 9.45. The highest BCUT2D eigenvalue weighted by atomic mass is 32.1. The van der Waals surface area contributed by atoms with E-state index in [9.17, 15) is 4.79 Å². The van der Waals surface area contributed by atoms with Crippen LogP contribution in [0.3, 0.4) is 0 Å². The number of ether oxygens (including phenoxy) is 1. The van der Waals surface area contributed by atoms with Crippen LogP contribution >= 0.6 is 11.3 Å². The Labute approximate surface area is 103 Å². The number of nitrogen functional groups attached to an aromatic ring is 1. The molecule has 1 aromatic rings. The van der Waals surface area contributed by atoms with Crippen LogP contribution in [0.5, 0.6) is 0 Å². The number of nitrogens with two attached hydrogens (primary N) is 2. The first kappa shape index (κ1) is 13.3. The summed E-state index contributed by atoms with van der Waals surface area (Å²) in [4.78, 5) is 11.3. The van der Waals surface area contributed by atoms with Gasteiger partial charge in [0.25, 0.3) is 5.91 Å². The maximum absolute atomic E-state index is 11.1. The fourth-order valence-electron chi connectivity index (χ4n) is 1.24. The molecule has 0 spiro atoms. The predicted octanol–water partition coefficient (Wildman–Crippen LogP) is 0.749. The first-order chi connectivity index (χ1) is 8.11. The summed E-state index contributed by atoms with van der Waals surface area (Å²) in [6.07, 6.45) is 0. The molecule has 1 rings (SSSR count). The van der Waals surface area contributed by atoms with Gasteiger partial charge in [0, 0.05) is 13.2 Å². The number of nitrogens with zero attached hydrogens (tertiary/aromatic N) is 1. The van der Waals surface area contributed by atoms with E-state index in [1.54, 1.807) is 0 Å². The van der Waals surface area contributed by atoms with E-state index in [1.165, 1.54) is 0 Å². The standard InChI is InChI=1S/C10H14N4O2S/c1-2-16-4-3-14-10-6(5-11)7(12)8(17-10)9(13)15/h14H,2-4,12H2,1H3,(H2,13,15). The molecule has 6 nitrogen and oxygen atoms in total. The Bertz CT molecular complexity index is 450. The fourth-order valence-corrected chi connectivity index (χ4v) is 2.19. The molecule has 5 N–H and O–H groups in total. The summed E-state index contributed by atoms with van der Waals surface area (Å²) in [6.45, 7) is 3.59. The molecule has 0 unspecified atom stereocenters. The molecule has 7 heteroatoms. The van der Waals surface area contributed by atoms with Crippen LogP contribution in [0.1, 0.15) is 22.2 Å². The normalized spacial score (nSPS) is 9.88. The third-order valence-corrected chi connectivity index (χ3v) is 3.19. The molecule has 0 bridgehead atoms. The molecule has 0 saturated carbocycles. The molecule has 0 aliphatic carbocycles. The largest absolute Gasteiger partial charge is 0.396 e. The third kappa shape index (κ3) is 3.09. The smallest absolute Gasteiger partial charge is 0.261 e. The Morgan fingerprint density at radius 3 is 2.88 bits per heavy atom. The van der Waals surface area contributed by atoms with Crippen LogP contribution in [0.25, 0.3) is 0 Å². The molecule has 1 heterocycles. The zero-order chi connectivity index (χ0) is 12.8. The molecule has 0 aliphatic rings. The molecule has 92 valence electrons. The van der Waals surface area contributed by atoms with E-state index in [1.807, 2.05) is 13.0 Å². The number of primary amides is 1. The summed E-state index contributed by atoms with van der Waals surface area (Å²) in [5.41, 5.74) is 11.2. The van der Waals surface area contributed by atoms with Gasteiger partial charge in [-0.15, -0.1) is 11.3 Å². The Morgan fingerprint density at radius 2 is 2.35 bits per heavy atom. The van der Waals surface area contributed by atoms with Crippen molar-refractivity contribution >= 4 is 27.9 Å². The van der Waals surface area contributed by atoms with Crippen molar-refractivity contribution in [3.05, 3.63) is 10.4 Å². The fraction of sp³-hybridized carbons (Fsp3) is 0.400. The van der Waals surface area contributed by atoms with Crippen molar-refractivity contribution in [1.82, 2.24) is 0 Å². The minimum Gasteiger partial charge on any atom is -0.396 e. The molecule has 0 saturated heterocycles. The number of hydrogen-bond acceptors (Lipinski definition) is 6. The lowest BCUT2D eigenvalue weighted by atomic mass is 10.2. The molecule has 0 aromatic carbocycles. The second kappa shape index (κ2) is 6.08. The zero-order valence-corrected chi connectivity index (χ0v) is 10.3. The van der Waals surface area contributed by atoms with Gasteiger partial charge >= 0.3 is 0 Å². The van der Waals surface area contributed by atoms with E-state index >= 15 is 0 Å². The van der Waals surface area contributed by atoms with E-state index in [4.69, 9.17) is 21.5 Å². The van der Waals surface area contributed by atoms with Crippen molar-refractivity contribution in [3.63, 3.8) is 0 Å². The summed E-state index contributed by atoms with van der Waals surface area (Å²) in [6, 6.07) is 1.95. The second-order valence-electron chi connectivity index (χ2n) is 3.15. The van der Waals surface area contributed by atoms with Crippen LogP contribution in [0.2, 0.25) is 0 Å². The first-order valence-corrected chi connectivity index (χ1v) is 5.87. The number of rotatable bonds is 6. The van der Waals surface area contributed by atoms with Gasteiger partial charge in [-0.05, 0) is 6.92 Å². The summed E-state index contributed by atoms with van der Waals surface area (Å²) >= 11 is 1.09. The van der Waals surface area contributed by atoms with Crippen molar-refractivity contribution in [3.8, 4) is 6.07 Å². The molecule has 1 amide bonds. The van der Waals surface area contributed by atoms with Crippen LogP contribution in [0, 0.1) is 11.3 Å². The summed E-state index contributed by atoms with van der Waals surface area (Å²) in [7, 11) is 0. The van der Waals surface area contributed by atoms with Gasteiger partial charge in [0.15, 0.2) is 0 Å². The summed E-state index contributed by atoms with van der Waals surface area (Å²) in [5, 5.41) is 12.5.